The summed E-state index contributed by atoms with van der Waals surface area (Å²) in [7, 11) is 0. The standard InChI is InChI=1S/C25H29ClN6O2/c1-16-15-32-23(28-24(16)30-10-5-6-11-30)14-21(29-32)22-7-3-4-12-31(22)25(34)19-13-18(26)8-9-20(19)27-17(2)33/h8-9,13-15,22H,3-7,10-12H2,1-2H3,(H,27,33). The second-order valence-electron chi connectivity index (χ2n) is 9.19. The number of hydrogen-bond acceptors (Lipinski definition) is 5. The Kier molecular flexibility index (Phi) is 6.16. The third-order valence-corrected chi connectivity index (χ3v) is 6.89. The summed E-state index contributed by atoms with van der Waals surface area (Å²) < 4.78 is 1.82. The lowest BCUT2D eigenvalue weighted by molar-refractivity contribution is -0.114. The molecule has 3 aromatic rings. The normalized spacial score (nSPS) is 18.5. The van der Waals surface area contributed by atoms with Gasteiger partial charge in [-0.3, -0.25) is 9.59 Å². The number of fused-ring (bicyclic) bond motifs is 1. The van der Waals surface area contributed by atoms with Gasteiger partial charge in [-0.15, -0.1) is 0 Å². The molecule has 2 aliphatic rings. The van der Waals surface area contributed by atoms with Crippen LogP contribution in [-0.4, -0.2) is 50.9 Å². The highest BCUT2D eigenvalue weighted by Crippen LogP contribution is 2.34. The molecule has 4 heterocycles. The van der Waals surface area contributed by atoms with Gasteiger partial charge in [-0.25, -0.2) is 9.50 Å². The summed E-state index contributed by atoms with van der Waals surface area (Å²) in [6.07, 6.45) is 7.17. The molecule has 5 rings (SSSR count). The number of anilines is 2. The van der Waals surface area contributed by atoms with E-state index in [-0.39, 0.29) is 17.9 Å². The molecule has 2 fully saturated rings. The molecule has 1 N–H and O–H groups in total. The number of nitrogens with one attached hydrogen (secondary N) is 1. The Morgan fingerprint density at radius 1 is 1.09 bits per heavy atom. The Labute approximate surface area is 203 Å². The summed E-state index contributed by atoms with van der Waals surface area (Å²) in [6.45, 7) is 6.18. The van der Waals surface area contributed by atoms with Gasteiger partial charge in [0.25, 0.3) is 5.91 Å². The predicted octanol–water partition coefficient (Wildman–Crippen LogP) is 4.62. The van der Waals surface area contributed by atoms with Gasteiger partial charge in [-0.05, 0) is 57.2 Å². The van der Waals surface area contributed by atoms with E-state index < -0.39 is 0 Å². The highest BCUT2D eigenvalue weighted by Gasteiger charge is 2.32. The minimum Gasteiger partial charge on any atom is -0.356 e. The van der Waals surface area contributed by atoms with Crippen LogP contribution < -0.4 is 10.2 Å². The lowest BCUT2D eigenvalue weighted by Gasteiger charge is -2.35. The number of benzene rings is 1. The summed E-state index contributed by atoms with van der Waals surface area (Å²) in [5, 5.41) is 8.03. The van der Waals surface area contributed by atoms with Crippen molar-refractivity contribution in [1.82, 2.24) is 19.5 Å². The number of aryl methyl sites for hydroxylation is 1. The average molecular weight is 481 g/mol. The van der Waals surface area contributed by atoms with Crippen LogP contribution in [0.5, 0.6) is 0 Å². The molecule has 2 saturated heterocycles. The molecule has 0 spiro atoms. The number of rotatable bonds is 4. The van der Waals surface area contributed by atoms with Gasteiger partial charge in [0.15, 0.2) is 5.65 Å². The van der Waals surface area contributed by atoms with E-state index in [1.165, 1.54) is 19.8 Å². The second-order valence-corrected chi connectivity index (χ2v) is 9.63. The highest BCUT2D eigenvalue weighted by atomic mass is 35.5. The van der Waals surface area contributed by atoms with E-state index in [9.17, 15) is 9.59 Å². The molecule has 8 nitrogen and oxygen atoms in total. The molecule has 9 heteroatoms. The van der Waals surface area contributed by atoms with E-state index >= 15 is 0 Å². The molecule has 2 aromatic heterocycles. The van der Waals surface area contributed by atoms with Crippen LogP contribution >= 0.6 is 11.6 Å². The van der Waals surface area contributed by atoms with E-state index in [2.05, 4.69) is 17.1 Å². The number of amides is 2. The van der Waals surface area contributed by atoms with Crippen molar-refractivity contribution in [3.63, 3.8) is 0 Å². The number of piperidine rings is 1. The Balaban J connectivity index is 1.49. The average Bonchev–Trinajstić information content (AvgIpc) is 3.49. The Hall–Kier alpha value is -3.13. The van der Waals surface area contributed by atoms with Crippen LogP contribution in [0.3, 0.4) is 0 Å². The molecule has 0 bridgehead atoms. The van der Waals surface area contributed by atoms with E-state index in [0.717, 1.165) is 55.1 Å². The first-order valence-electron chi connectivity index (χ1n) is 11.9. The zero-order valence-electron chi connectivity index (χ0n) is 19.6. The minimum absolute atomic E-state index is 0.157. The first-order chi connectivity index (χ1) is 16.4. The van der Waals surface area contributed by atoms with Crippen molar-refractivity contribution in [3.05, 3.63) is 52.3 Å². The molecule has 2 amide bonds. The van der Waals surface area contributed by atoms with Crippen LogP contribution in [0.2, 0.25) is 5.02 Å². The number of likely N-dealkylation sites (tertiary alicyclic amines) is 1. The fourth-order valence-electron chi connectivity index (χ4n) is 5.06. The molecule has 178 valence electrons. The van der Waals surface area contributed by atoms with Crippen LogP contribution in [0.1, 0.15) is 66.7 Å². The number of carbonyl (C=O) groups is 2. The number of hydrogen-bond donors (Lipinski definition) is 1. The van der Waals surface area contributed by atoms with Gasteiger partial charge in [-0.2, -0.15) is 5.10 Å². The van der Waals surface area contributed by atoms with Crippen molar-refractivity contribution in [3.8, 4) is 0 Å². The molecule has 0 aliphatic carbocycles. The third-order valence-electron chi connectivity index (χ3n) is 6.66. The maximum Gasteiger partial charge on any atom is 0.256 e. The lowest BCUT2D eigenvalue weighted by Crippen LogP contribution is -2.39. The Morgan fingerprint density at radius 2 is 1.85 bits per heavy atom. The van der Waals surface area contributed by atoms with Crippen LogP contribution in [0.15, 0.2) is 30.5 Å². The predicted molar refractivity (Wildman–Crippen MR) is 133 cm³/mol. The maximum absolute atomic E-state index is 13.7. The summed E-state index contributed by atoms with van der Waals surface area (Å²) in [6, 6.07) is 6.81. The molecule has 0 radical (unpaired) electrons. The van der Waals surface area contributed by atoms with Crippen molar-refractivity contribution in [1.29, 1.82) is 0 Å². The molecule has 2 aliphatic heterocycles. The van der Waals surface area contributed by atoms with E-state index in [0.29, 0.717) is 22.8 Å². The molecule has 34 heavy (non-hydrogen) atoms. The molecular weight excluding hydrogens is 452 g/mol. The number of halogens is 1. The largest absolute Gasteiger partial charge is 0.356 e. The Bertz CT molecular complexity index is 1250. The Morgan fingerprint density at radius 3 is 2.62 bits per heavy atom. The van der Waals surface area contributed by atoms with Gasteiger partial charge in [-0.1, -0.05) is 11.6 Å². The topological polar surface area (TPSA) is 82.8 Å². The van der Waals surface area contributed by atoms with Crippen LogP contribution in [0, 0.1) is 6.92 Å². The molecule has 1 aromatic carbocycles. The summed E-state index contributed by atoms with van der Waals surface area (Å²) in [5.41, 5.74) is 3.58. The van der Waals surface area contributed by atoms with Crippen LogP contribution in [0.4, 0.5) is 11.5 Å². The summed E-state index contributed by atoms with van der Waals surface area (Å²) in [4.78, 5) is 34.5. The van der Waals surface area contributed by atoms with Gasteiger partial charge in [0, 0.05) is 49.4 Å². The van der Waals surface area contributed by atoms with E-state index in [1.807, 2.05) is 21.7 Å². The van der Waals surface area contributed by atoms with Gasteiger partial charge in [0.2, 0.25) is 5.91 Å². The van der Waals surface area contributed by atoms with Gasteiger partial charge < -0.3 is 15.1 Å². The SMILES string of the molecule is CC(=O)Nc1ccc(Cl)cc1C(=O)N1CCCCC1c1cc2nc(N3CCCC3)c(C)cn2n1. The lowest BCUT2D eigenvalue weighted by atomic mass is 9.98. The van der Waals surface area contributed by atoms with Gasteiger partial charge >= 0.3 is 0 Å². The van der Waals surface area contributed by atoms with Gasteiger partial charge in [0.05, 0.1) is 23.0 Å². The van der Waals surface area contributed by atoms with E-state index in [4.69, 9.17) is 21.7 Å². The van der Waals surface area contributed by atoms with Crippen molar-refractivity contribution in [2.24, 2.45) is 0 Å². The maximum atomic E-state index is 13.7. The smallest absolute Gasteiger partial charge is 0.256 e. The van der Waals surface area contributed by atoms with Crippen LogP contribution in [0.25, 0.3) is 5.65 Å². The van der Waals surface area contributed by atoms with Crippen molar-refractivity contribution < 1.29 is 9.59 Å². The van der Waals surface area contributed by atoms with E-state index in [1.54, 1.807) is 18.2 Å². The zero-order valence-corrected chi connectivity index (χ0v) is 20.3. The fraction of sp³-hybridized carbons (Fsp3) is 0.440. The van der Waals surface area contributed by atoms with Crippen molar-refractivity contribution in [2.45, 2.75) is 52.0 Å². The summed E-state index contributed by atoms with van der Waals surface area (Å²) in [5.74, 6) is 0.629. The zero-order chi connectivity index (χ0) is 23.8. The quantitative estimate of drug-likeness (QED) is 0.589. The number of carbonyl (C=O) groups excluding carboxylic acids is 2. The molecule has 1 unspecified atom stereocenters. The summed E-state index contributed by atoms with van der Waals surface area (Å²) >= 11 is 6.22. The molecule has 0 saturated carbocycles. The molecule has 1 atom stereocenters. The fourth-order valence-corrected chi connectivity index (χ4v) is 5.23. The highest BCUT2D eigenvalue weighted by molar-refractivity contribution is 6.31. The van der Waals surface area contributed by atoms with Crippen molar-refractivity contribution >= 4 is 40.6 Å². The van der Waals surface area contributed by atoms with Crippen molar-refractivity contribution in [2.75, 3.05) is 29.9 Å². The number of aromatic nitrogens is 3. The monoisotopic (exact) mass is 480 g/mol. The first-order valence-corrected chi connectivity index (χ1v) is 12.3. The number of nitrogens with zero attached hydrogens (tertiary/aromatic N) is 5. The molecular formula is C25H29ClN6O2. The van der Waals surface area contributed by atoms with Crippen LogP contribution in [-0.2, 0) is 4.79 Å². The third kappa shape index (κ3) is 4.34. The first kappa shape index (κ1) is 22.7. The second kappa shape index (κ2) is 9.25. The minimum atomic E-state index is -0.234. The van der Waals surface area contributed by atoms with Gasteiger partial charge in [0.1, 0.15) is 5.82 Å².